The fourth-order valence-electron chi connectivity index (χ4n) is 2.97. The van der Waals surface area contributed by atoms with Crippen molar-refractivity contribution in [2.75, 3.05) is 31.1 Å². The molecule has 3 aromatic rings. The number of nitrogens with one attached hydrogen (secondary N) is 1. The zero-order valence-electron chi connectivity index (χ0n) is 12.5. The van der Waals surface area contributed by atoms with E-state index in [0.29, 0.717) is 0 Å². The molecule has 0 spiro atoms. The highest BCUT2D eigenvalue weighted by Crippen LogP contribution is 2.25. The van der Waals surface area contributed by atoms with Crippen LogP contribution >= 0.6 is 0 Å². The van der Waals surface area contributed by atoms with Gasteiger partial charge in [-0.2, -0.15) is 0 Å². The minimum Gasteiger partial charge on any atom is -0.354 e. The van der Waals surface area contributed by atoms with Gasteiger partial charge in [-0.3, -0.25) is 4.40 Å². The van der Waals surface area contributed by atoms with Gasteiger partial charge in [0.05, 0.1) is 17.1 Å². The molecule has 1 saturated heterocycles. The van der Waals surface area contributed by atoms with E-state index >= 15 is 0 Å². The van der Waals surface area contributed by atoms with Gasteiger partial charge in [0.15, 0.2) is 0 Å². The van der Waals surface area contributed by atoms with E-state index in [2.05, 4.69) is 35.6 Å². The van der Waals surface area contributed by atoms with Crippen LogP contribution in [-0.4, -0.2) is 45.5 Å². The van der Waals surface area contributed by atoms with E-state index < -0.39 is 0 Å². The number of piperazine rings is 1. The van der Waals surface area contributed by atoms with Crippen LogP contribution in [0.15, 0.2) is 36.8 Å². The molecule has 112 valence electrons. The van der Waals surface area contributed by atoms with Crippen molar-refractivity contribution in [3.63, 3.8) is 0 Å². The lowest BCUT2D eigenvalue weighted by Gasteiger charge is -2.28. The molecule has 1 aliphatic heterocycles. The molecule has 4 heterocycles. The molecule has 0 unspecified atom stereocenters. The minimum atomic E-state index is 0.916. The smallest absolute Gasteiger partial charge is 0.137 e. The summed E-state index contributed by atoms with van der Waals surface area (Å²) in [5, 5.41) is 3.36. The van der Waals surface area contributed by atoms with Crippen LogP contribution in [0.1, 0.15) is 5.69 Å². The van der Waals surface area contributed by atoms with Crippen molar-refractivity contribution < 1.29 is 0 Å². The van der Waals surface area contributed by atoms with Crippen LogP contribution in [0, 0.1) is 6.92 Å². The van der Waals surface area contributed by atoms with Crippen LogP contribution in [0.2, 0.25) is 0 Å². The lowest BCUT2D eigenvalue weighted by atomic mass is 10.2. The number of rotatable bonds is 2. The second-order valence-electron chi connectivity index (χ2n) is 5.47. The molecule has 22 heavy (non-hydrogen) atoms. The van der Waals surface area contributed by atoms with Gasteiger partial charge >= 0.3 is 0 Å². The number of fused-ring (bicyclic) bond motifs is 1. The average molecular weight is 294 g/mol. The van der Waals surface area contributed by atoms with Crippen molar-refractivity contribution in [3.05, 3.63) is 42.5 Å². The molecule has 0 aromatic carbocycles. The van der Waals surface area contributed by atoms with Crippen molar-refractivity contribution in [1.29, 1.82) is 0 Å². The highest BCUT2D eigenvalue weighted by molar-refractivity contribution is 5.66. The number of hydrogen-bond donors (Lipinski definition) is 1. The normalized spacial score (nSPS) is 15.4. The standard InChI is InChI=1S/C16H18N6/c1-12-16(22-7-3-2-4-14(22)20-12)13-10-15(19-11-18-13)21-8-5-17-6-9-21/h2-4,7,10-11,17H,5-6,8-9H2,1H3. The highest BCUT2D eigenvalue weighted by Gasteiger charge is 2.16. The topological polar surface area (TPSA) is 58.4 Å². The van der Waals surface area contributed by atoms with Gasteiger partial charge in [0.25, 0.3) is 0 Å². The van der Waals surface area contributed by atoms with Crippen LogP contribution in [-0.2, 0) is 0 Å². The predicted octanol–water partition coefficient (Wildman–Crippen LogP) is 1.51. The Bertz CT molecular complexity index is 803. The van der Waals surface area contributed by atoms with Gasteiger partial charge in [0.2, 0.25) is 0 Å². The van der Waals surface area contributed by atoms with E-state index in [1.54, 1.807) is 6.33 Å². The number of aryl methyl sites for hydroxylation is 1. The number of hydrogen-bond acceptors (Lipinski definition) is 5. The van der Waals surface area contributed by atoms with Crippen molar-refractivity contribution in [2.24, 2.45) is 0 Å². The van der Waals surface area contributed by atoms with Gasteiger partial charge in [0, 0.05) is 38.4 Å². The van der Waals surface area contributed by atoms with Crippen LogP contribution in [0.3, 0.4) is 0 Å². The third kappa shape index (κ3) is 2.21. The monoisotopic (exact) mass is 294 g/mol. The molecule has 0 saturated carbocycles. The molecular weight excluding hydrogens is 276 g/mol. The van der Waals surface area contributed by atoms with Gasteiger partial charge in [-0.25, -0.2) is 15.0 Å². The number of anilines is 1. The quantitative estimate of drug-likeness (QED) is 0.776. The molecule has 6 nitrogen and oxygen atoms in total. The Morgan fingerprint density at radius 1 is 1.14 bits per heavy atom. The van der Waals surface area contributed by atoms with E-state index in [1.165, 1.54) is 0 Å². The zero-order chi connectivity index (χ0) is 14.9. The molecule has 0 radical (unpaired) electrons. The summed E-state index contributed by atoms with van der Waals surface area (Å²) in [6, 6.07) is 8.08. The largest absolute Gasteiger partial charge is 0.354 e. The molecular formula is C16H18N6. The van der Waals surface area contributed by atoms with Crippen LogP contribution < -0.4 is 10.2 Å². The first-order chi connectivity index (χ1) is 10.8. The third-order valence-electron chi connectivity index (χ3n) is 4.04. The van der Waals surface area contributed by atoms with Crippen molar-refractivity contribution in [3.8, 4) is 11.4 Å². The summed E-state index contributed by atoms with van der Waals surface area (Å²) in [6.45, 7) is 5.96. The molecule has 0 atom stereocenters. The van der Waals surface area contributed by atoms with Crippen molar-refractivity contribution >= 4 is 11.5 Å². The summed E-state index contributed by atoms with van der Waals surface area (Å²) in [5.41, 5.74) is 3.88. The summed E-state index contributed by atoms with van der Waals surface area (Å²) < 4.78 is 2.08. The van der Waals surface area contributed by atoms with E-state index in [1.807, 2.05) is 31.3 Å². The van der Waals surface area contributed by atoms with Gasteiger partial charge in [-0.05, 0) is 19.1 Å². The second kappa shape index (κ2) is 5.38. The first-order valence-corrected chi connectivity index (χ1v) is 7.55. The van der Waals surface area contributed by atoms with E-state index in [-0.39, 0.29) is 0 Å². The summed E-state index contributed by atoms with van der Waals surface area (Å²) in [5.74, 6) is 0.983. The lowest BCUT2D eigenvalue weighted by molar-refractivity contribution is 0.584. The summed E-state index contributed by atoms with van der Waals surface area (Å²) in [6.07, 6.45) is 3.67. The van der Waals surface area contributed by atoms with Crippen molar-refractivity contribution in [1.82, 2.24) is 24.7 Å². The van der Waals surface area contributed by atoms with E-state index in [0.717, 1.165) is 54.7 Å². The Balaban J connectivity index is 1.80. The predicted molar refractivity (Wildman–Crippen MR) is 86.0 cm³/mol. The Morgan fingerprint density at radius 2 is 2.00 bits per heavy atom. The first kappa shape index (κ1) is 13.2. The molecule has 3 aromatic heterocycles. The van der Waals surface area contributed by atoms with E-state index in [9.17, 15) is 0 Å². The third-order valence-corrected chi connectivity index (χ3v) is 4.04. The second-order valence-corrected chi connectivity index (χ2v) is 5.47. The molecule has 1 fully saturated rings. The molecule has 1 aliphatic rings. The summed E-state index contributed by atoms with van der Waals surface area (Å²) in [7, 11) is 0. The Hall–Kier alpha value is -2.47. The summed E-state index contributed by atoms with van der Waals surface area (Å²) in [4.78, 5) is 15.8. The minimum absolute atomic E-state index is 0.916. The van der Waals surface area contributed by atoms with Crippen molar-refractivity contribution in [2.45, 2.75) is 6.92 Å². The number of nitrogens with zero attached hydrogens (tertiary/aromatic N) is 5. The SMILES string of the molecule is Cc1nc2ccccn2c1-c1cc(N2CCNCC2)ncn1. The highest BCUT2D eigenvalue weighted by atomic mass is 15.2. The first-order valence-electron chi connectivity index (χ1n) is 7.55. The van der Waals surface area contributed by atoms with Crippen LogP contribution in [0.4, 0.5) is 5.82 Å². The molecule has 6 heteroatoms. The van der Waals surface area contributed by atoms with Crippen LogP contribution in [0.5, 0.6) is 0 Å². The van der Waals surface area contributed by atoms with Gasteiger partial charge < -0.3 is 10.2 Å². The van der Waals surface area contributed by atoms with Gasteiger partial charge in [-0.1, -0.05) is 6.07 Å². The Morgan fingerprint density at radius 3 is 2.86 bits per heavy atom. The maximum Gasteiger partial charge on any atom is 0.137 e. The maximum atomic E-state index is 4.61. The number of aromatic nitrogens is 4. The molecule has 0 aliphatic carbocycles. The van der Waals surface area contributed by atoms with Gasteiger partial charge in [-0.15, -0.1) is 0 Å². The molecule has 0 bridgehead atoms. The van der Waals surface area contributed by atoms with Crippen LogP contribution in [0.25, 0.3) is 17.0 Å². The average Bonchev–Trinajstić information content (AvgIpc) is 2.91. The number of pyridine rings is 1. The van der Waals surface area contributed by atoms with Gasteiger partial charge in [0.1, 0.15) is 17.8 Å². The maximum absolute atomic E-state index is 4.61. The zero-order valence-corrected chi connectivity index (χ0v) is 12.5. The lowest BCUT2D eigenvalue weighted by Crippen LogP contribution is -2.43. The summed E-state index contributed by atoms with van der Waals surface area (Å²) >= 11 is 0. The molecule has 4 rings (SSSR count). The molecule has 1 N–H and O–H groups in total. The Kier molecular flexibility index (Phi) is 3.23. The fourth-order valence-corrected chi connectivity index (χ4v) is 2.97. The molecule has 0 amide bonds. The Labute approximate surface area is 128 Å². The van der Waals surface area contributed by atoms with E-state index in [4.69, 9.17) is 0 Å². The fraction of sp³-hybridized carbons (Fsp3) is 0.312. The number of imidazole rings is 1.